The molecule has 5 aromatic rings. The maximum absolute atomic E-state index is 6.47. The summed E-state index contributed by atoms with van der Waals surface area (Å²) in [4.78, 5) is 15.9. The van der Waals surface area contributed by atoms with Crippen LogP contribution in [0, 0.1) is 5.41 Å². The van der Waals surface area contributed by atoms with E-state index in [0.29, 0.717) is 23.4 Å². The molecule has 0 bridgehead atoms. The average molecular weight is 684 g/mol. The van der Waals surface area contributed by atoms with Crippen LogP contribution in [0.15, 0.2) is 91.3 Å². The van der Waals surface area contributed by atoms with Crippen LogP contribution in [-0.4, -0.2) is 65.6 Å². The second kappa shape index (κ2) is 14.4. The molecular weight excluding hydrogens is 631 g/mol. The Labute approximate surface area is 303 Å². The second-order valence-electron chi connectivity index (χ2n) is 15.5. The van der Waals surface area contributed by atoms with E-state index in [4.69, 9.17) is 9.47 Å². The molecule has 3 aliphatic rings. The van der Waals surface area contributed by atoms with Crippen molar-refractivity contribution in [3.05, 3.63) is 114 Å². The third-order valence-electron chi connectivity index (χ3n) is 12.1. The highest BCUT2D eigenvalue weighted by Gasteiger charge is 2.50. The maximum Gasteiger partial charge on any atom is 0.146 e. The van der Waals surface area contributed by atoms with E-state index in [1.165, 1.54) is 53.6 Å². The summed E-state index contributed by atoms with van der Waals surface area (Å²) in [6.45, 7) is 13.4. The molecule has 266 valence electrons. The van der Waals surface area contributed by atoms with Gasteiger partial charge in [0.25, 0.3) is 0 Å². The summed E-state index contributed by atoms with van der Waals surface area (Å²) in [7, 11) is 1.74. The zero-order chi connectivity index (χ0) is 35.0. The molecule has 7 heteroatoms. The molecule has 1 aliphatic carbocycles. The Hall–Kier alpha value is -4.33. The Bertz CT molecular complexity index is 1940. The van der Waals surface area contributed by atoms with Gasteiger partial charge in [-0.05, 0) is 96.0 Å². The van der Waals surface area contributed by atoms with Gasteiger partial charge in [-0.25, -0.2) is 4.98 Å². The predicted molar refractivity (Wildman–Crippen MR) is 207 cm³/mol. The van der Waals surface area contributed by atoms with E-state index in [9.17, 15) is 0 Å². The number of pyridine rings is 1. The molecule has 0 radical (unpaired) electrons. The monoisotopic (exact) mass is 683 g/mol. The van der Waals surface area contributed by atoms with Gasteiger partial charge in [-0.3, -0.25) is 9.80 Å². The van der Waals surface area contributed by atoms with Crippen LogP contribution in [0.4, 0.5) is 5.69 Å². The number of aryl methyl sites for hydroxylation is 1. The van der Waals surface area contributed by atoms with E-state index in [2.05, 4.69) is 118 Å². The fraction of sp³-hybridized carbons (Fsp3) is 0.432. The number of fused-ring (bicyclic) bond motifs is 1. The van der Waals surface area contributed by atoms with Gasteiger partial charge in [0.05, 0.1) is 13.3 Å². The van der Waals surface area contributed by atoms with Gasteiger partial charge in [0.15, 0.2) is 0 Å². The fourth-order valence-corrected chi connectivity index (χ4v) is 9.09. The van der Waals surface area contributed by atoms with Crippen molar-refractivity contribution in [2.45, 2.75) is 77.4 Å². The van der Waals surface area contributed by atoms with Crippen molar-refractivity contribution in [1.29, 1.82) is 0 Å². The highest BCUT2D eigenvalue weighted by Crippen LogP contribution is 2.53. The highest BCUT2D eigenvalue weighted by atomic mass is 16.5. The lowest BCUT2D eigenvalue weighted by Gasteiger charge is -2.58. The van der Waals surface area contributed by atoms with Crippen LogP contribution in [0.5, 0.6) is 17.2 Å². The van der Waals surface area contributed by atoms with Crippen molar-refractivity contribution in [2.24, 2.45) is 5.41 Å². The standard InChI is InChI=1S/C44H53N5O2/c1-5-33-12-13-35(25-42(33)51-38-24-34-16-19-45-43(34)46-28-38)48-20-17-44(18-21-48)26-36(27-44)49-23-22-47(29-32-10-14-37(50-4)15-11-32)30-41(49)40-9-7-6-8-39(40)31(2)3/h6-16,19,24-25,28,31,36,41H,5,17-18,20-23,26-27,29-30H2,1-4H3,(H,45,46). The molecule has 8 rings (SSSR count). The van der Waals surface area contributed by atoms with Crippen LogP contribution in [0.25, 0.3) is 11.0 Å². The minimum Gasteiger partial charge on any atom is -0.497 e. The summed E-state index contributed by atoms with van der Waals surface area (Å²) in [5, 5.41) is 1.06. The molecule has 2 saturated heterocycles. The number of anilines is 1. The minimum absolute atomic E-state index is 0.418. The fourth-order valence-electron chi connectivity index (χ4n) is 9.09. The molecule has 2 aromatic heterocycles. The van der Waals surface area contributed by atoms with E-state index in [-0.39, 0.29) is 0 Å². The van der Waals surface area contributed by atoms with Crippen LogP contribution in [0.3, 0.4) is 0 Å². The van der Waals surface area contributed by atoms with Crippen molar-refractivity contribution in [2.75, 3.05) is 44.7 Å². The first-order chi connectivity index (χ1) is 24.9. The number of aromatic amines is 1. The first-order valence-electron chi connectivity index (χ1n) is 19.1. The van der Waals surface area contributed by atoms with Crippen molar-refractivity contribution >= 4 is 16.7 Å². The van der Waals surface area contributed by atoms with Gasteiger partial charge in [0, 0.05) is 74.7 Å². The molecule has 1 spiro atoms. The molecular formula is C44H53N5O2. The van der Waals surface area contributed by atoms with E-state index in [0.717, 1.165) is 74.0 Å². The number of methoxy groups -OCH3 is 1. The summed E-state index contributed by atoms with van der Waals surface area (Å²) in [6.07, 6.45) is 9.81. The number of piperidine rings is 1. The Kier molecular flexibility index (Phi) is 9.51. The molecule has 7 nitrogen and oxygen atoms in total. The number of rotatable bonds is 10. The van der Waals surface area contributed by atoms with Crippen molar-refractivity contribution in [1.82, 2.24) is 19.8 Å². The number of nitrogens with zero attached hydrogens (tertiary/aromatic N) is 4. The number of hydrogen-bond donors (Lipinski definition) is 1. The normalized spacial score (nSPS) is 19.9. The molecule has 1 N–H and O–H groups in total. The average Bonchev–Trinajstić information content (AvgIpc) is 3.62. The molecule has 51 heavy (non-hydrogen) atoms. The number of hydrogen-bond acceptors (Lipinski definition) is 6. The third-order valence-corrected chi connectivity index (χ3v) is 12.1. The Morgan fingerprint density at radius 3 is 2.47 bits per heavy atom. The minimum atomic E-state index is 0.418. The lowest BCUT2D eigenvalue weighted by atomic mass is 9.59. The number of ether oxygens (including phenoxy) is 2. The summed E-state index contributed by atoms with van der Waals surface area (Å²) in [5.41, 5.74) is 8.22. The molecule has 4 heterocycles. The van der Waals surface area contributed by atoms with Gasteiger partial charge >= 0.3 is 0 Å². The number of aromatic nitrogens is 2. The Balaban J connectivity index is 0.936. The Morgan fingerprint density at radius 1 is 0.902 bits per heavy atom. The molecule has 1 atom stereocenters. The van der Waals surface area contributed by atoms with Crippen LogP contribution in [0.2, 0.25) is 0 Å². The van der Waals surface area contributed by atoms with E-state index < -0.39 is 0 Å². The van der Waals surface area contributed by atoms with Gasteiger partial charge in [0.1, 0.15) is 22.9 Å². The van der Waals surface area contributed by atoms with Crippen molar-refractivity contribution in [3.63, 3.8) is 0 Å². The van der Waals surface area contributed by atoms with Gasteiger partial charge in [0.2, 0.25) is 0 Å². The zero-order valence-corrected chi connectivity index (χ0v) is 30.8. The number of H-pyrrole nitrogens is 1. The van der Waals surface area contributed by atoms with E-state index in [1.807, 2.05) is 18.5 Å². The SMILES string of the molecule is CCc1ccc(N2CCC3(CC2)CC(N2CCN(Cc4ccc(OC)cc4)CC2c2ccccc2C(C)C)C3)cc1Oc1cnc2[nH]ccc2c1. The molecule has 3 aromatic carbocycles. The lowest BCUT2D eigenvalue weighted by molar-refractivity contribution is -0.0628. The van der Waals surface area contributed by atoms with Gasteiger partial charge < -0.3 is 19.4 Å². The quantitative estimate of drug-likeness (QED) is 0.158. The smallest absolute Gasteiger partial charge is 0.146 e. The molecule has 3 fully saturated rings. The van der Waals surface area contributed by atoms with Gasteiger partial charge in [-0.1, -0.05) is 63.2 Å². The molecule has 2 aliphatic heterocycles. The topological polar surface area (TPSA) is 56.9 Å². The van der Waals surface area contributed by atoms with Crippen molar-refractivity contribution in [3.8, 4) is 17.2 Å². The number of nitrogens with one attached hydrogen (secondary N) is 1. The highest BCUT2D eigenvalue weighted by molar-refractivity contribution is 5.76. The van der Waals surface area contributed by atoms with Crippen LogP contribution in [0.1, 0.15) is 80.7 Å². The molecule has 0 amide bonds. The summed E-state index contributed by atoms with van der Waals surface area (Å²) >= 11 is 0. The summed E-state index contributed by atoms with van der Waals surface area (Å²) < 4.78 is 11.9. The maximum atomic E-state index is 6.47. The number of piperazine rings is 1. The Morgan fingerprint density at radius 2 is 1.71 bits per heavy atom. The molecule has 1 unspecified atom stereocenters. The van der Waals surface area contributed by atoms with E-state index in [1.54, 1.807) is 7.11 Å². The first kappa shape index (κ1) is 33.8. The van der Waals surface area contributed by atoms with E-state index >= 15 is 0 Å². The lowest BCUT2D eigenvalue weighted by Crippen LogP contribution is -2.60. The van der Waals surface area contributed by atoms with Crippen LogP contribution in [-0.2, 0) is 13.0 Å². The molecule has 1 saturated carbocycles. The first-order valence-corrected chi connectivity index (χ1v) is 19.1. The zero-order valence-electron chi connectivity index (χ0n) is 30.8. The summed E-state index contributed by atoms with van der Waals surface area (Å²) in [5.74, 6) is 3.15. The van der Waals surface area contributed by atoms with Gasteiger partial charge in [-0.2, -0.15) is 0 Å². The second-order valence-corrected chi connectivity index (χ2v) is 15.5. The largest absolute Gasteiger partial charge is 0.497 e. The van der Waals surface area contributed by atoms with Crippen molar-refractivity contribution < 1.29 is 9.47 Å². The van der Waals surface area contributed by atoms with Crippen LogP contribution < -0.4 is 14.4 Å². The van der Waals surface area contributed by atoms with Gasteiger partial charge in [-0.15, -0.1) is 0 Å². The number of benzene rings is 3. The third kappa shape index (κ3) is 6.98. The summed E-state index contributed by atoms with van der Waals surface area (Å²) in [6, 6.07) is 29.8. The predicted octanol–water partition coefficient (Wildman–Crippen LogP) is 9.36. The van der Waals surface area contributed by atoms with Crippen LogP contribution >= 0.6 is 0 Å².